The Balaban J connectivity index is 2.27. The molecule has 2 saturated heterocycles. The second-order valence-electron chi connectivity index (χ2n) is 3.72. The molecule has 2 heterocycles. The van der Waals surface area contributed by atoms with Crippen molar-refractivity contribution in [3.63, 3.8) is 0 Å². The van der Waals surface area contributed by atoms with Gasteiger partial charge in [0.1, 0.15) is 6.04 Å². The Morgan fingerprint density at radius 2 is 2.07 bits per heavy atom. The van der Waals surface area contributed by atoms with Crippen molar-refractivity contribution in [2.45, 2.75) is 38.3 Å². The third kappa shape index (κ3) is 1.29. The molecular weight excluding hydrogens is 186 g/mol. The smallest absolute Gasteiger partial charge is 0.376 e. The summed E-state index contributed by atoms with van der Waals surface area (Å²) in [6.07, 6.45) is 0.433. The van der Waals surface area contributed by atoms with Crippen LogP contribution in [0.3, 0.4) is 0 Å². The fourth-order valence-corrected chi connectivity index (χ4v) is 1.99. The van der Waals surface area contributed by atoms with Gasteiger partial charge in [-0.15, -0.1) is 0 Å². The largest absolute Gasteiger partial charge is 0.418 e. The van der Waals surface area contributed by atoms with Crippen LogP contribution < -0.4 is 0 Å². The van der Waals surface area contributed by atoms with Crippen LogP contribution in [0.1, 0.15) is 26.2 Å². The Bertz CT molecular complexity index is 312. The quantitative estimate of drug-likeness (QED) is 0.418. The lowest BCUT2D eigenvalue weighted by molar-refractivity contribution is -0.150. The molecule has 0 bridgehead atoms. The summed E-state index contributed by atoms with van der Waals surface area (Å²) in [5.74, 6) is -0.633. The molecule has 2 fully saturated rings. The van der Waals surface area contributed by atoms with Gasteiger partial charge in [-0.3, -0.25) is 14.5 Å². The van der Waals surface area contributed by atoms with Gasteiger partial charge >= 0.3 is 12.1 Å². The summed E-state index contributed by atoms with van der Waals surface area (Å²) in [5.41, 5.74) is 0. The Labute approximate surface area is 81.0 Å². The molecule has 0 N–H and O–H groups in total. The van der Waals surface area contributed by atoms with Crippen LogP contribution in [0.25, 0.3) is 0 Å². The van der Waals surface area contributed by atoms with Crippen LogP contribution in [0.4, 0.5) is 4.79 Å². The summed E-state index contributed by atoms with van der Waals surface area (Å²) in [6, 6.07) is -0.592. The molecule has 0 unspecified atom stereocenters. The minimum absolute atomic E-state index is 0.00884. The predicted octanol–water partition coefficient (Wildman–Crippen LogP) is 0.475. The predicted molar refractivity (Wildman–Crippen MR) is 45.4 cm³/mol. The molecule has 0 aromatic heterocycles. The second kappa shape index (κ2) is 3.08. The third-order valence-corrected chi connectivity index (χ3v) is 2.76. The van der Waals surface area contributed by atoms with Gasteiger partial charge in [0.05, 0.1) is 6.42 Å². The van der Waals surface area contributed by atoms with E-state index in [1.54, 1.807) is 0 Å². The van der Waals surface area contributed by atoms with Crippen LogP contribution in [0.15, 0.2) is 0 Å². The number of nitrogens with zero attached hydrogens (tertiary/aromatic N) is 1. The summed E-state index contributed by atoms with van der Waals surface area (Å²) in [4.78, 5) is 35.1. The van der Waals surface area contributed by atoms with Gasteiger partial charge in [0.2, 0.25) is 0 Å². The highest BCUT2D eigenvalue weighted by atomic mass is 16.6. The average Bonchev–Trinajstić information content (AvgIpc) is 2.10. The first-order chi connectivity index (χ1) is 6.59. The molecule has 2 aliphatic heterocycles. The Morgan fingerprint density at radius 3 is 2.79 bits per heavy atom. The van der Waals surface area contributed by atoms with Crippen LogP contribution in [0.2, 0.25) is 0 Å². The monoisotopic (exact) mass is 197 g/mol. The average molecular weight is 197 g/mol. The van der Waals surface area contributed by atoms with E-state index in [9.17, 15) is 14.4 Å². The minimum atomic E-state index is -0.674. The standard InChI is InChI=1S/C9H11NO4/c1-5-2-3-7(11)6-4-8(12)14-9(13)10(5)6/h5-6H,2-4H2,1H3/t5-,6-/m0/s1. The molecule has 0 aliphatic carbocycles. The molecule has 0 radical (unpaired) electrons. The molecule has 5 heteroatoms. The van der Waals surface area contributed by atoms with Crippen molar-refractivity contribution < 1.29 is 19.1 Å². The van der Waals surface area contributed by atoms with Crippen molar-refractivity contribution in [3.05, 3.63) is 0 Å². The van der Waals surface area contributed by atoms with Gasteiger partial charge in [0.25, 0.3) is 0 Å². The maximum atomic E-state index is 11.5. The summed E-state index contributed by atoms with van der Waals surface area (Å²) >= 11 is 0. The van der Waals surface area contributed by atoms with Crippen LogP contribution in [0.5, 0.6) is 0 Å². The first-order valence-electron chi connectivity index (χ1n) is 4.65. The topological polar surface area (TPSA) is 63.7 Å². The molecular formula is C9H11NO4. The van der Waals surface area contributed by atoms with Crippen molar-refractivity contribution >= 4 is 17.8 Å². The Hall–Kier alpha value is -1.39. The summed E-state index contributed by atoms with van der Waals surface area (Å²) in [6.45, 7) is 1.86. The fourth-order valence-electron chi connectivity index (χ4n) is 1.99. The molecule has 0 spiro atoms. The summed E-state index contributed by atoms with van der Waals surface area (Å²) < 4.78 is 4.47. The number of fused-ring (bicyclic) bond motifs is 1. The van der Waals surface area contributed by atoms with E-state index in [1.807, 2.05) is 6.92 Å². The first kappa shape index (κ1) is 9.18. The maximum Gasteiger partial charge on any atom is 0.418 e. The van der Waals surface area contributed by atoms with Crippen molar-refractivity contribution in [3.8, 4) is 0 Å². The zero-order chi connectivity index (χ0) is 10.3. The van der Waals surface area contributed by atoms with Gasteiger partial charge in [-0.1, -0.05) is 0 Å². The number of piperidine rings is 1. The van der Waals surface area contributed by atoms with Gasteiger partial charge in [0.15, 0.2) is 5.78 Å². The van der Waals surface area contributed by atoms with Gasteiger partial charge < -0.3 is 4.74 Å². The molecule has 0 saturated carbocycles. The lowest BCUT2D eigenvalue weighted by Gasteiger charge is -2.40. The highest BCUT2D eigenvalue weighted by Crippen LogP contribution is 2.26. The maximum absolute atomic E-state index is 11.5. The van der Waals surface area contributed by atoms with Crippen molar-refractivity contribution in [1.82, 2.24) is 4.90 Å². The summed E-state index contributed by atoms with van der Waals surface area (Å²) in [5, 5.41) is 0. The zero-order valence-corrected chi connectivity index (χ0v) is 7.86. The van der Waals surface area contributed by atoms with E-state index in [0.29, 0.717) is 12.8 Å². The molecule has 14 heavy (non-hydrogen) atoms. The highest BCUT2D eigenvalue weighted by Gasteiger charge is 2.43. The van der Waals surface area contributed by atoms with Crippen molar-refractivity contribution in [2.75, 3.05) is 0 Å². The number of ether oxygens (including phenoxy) is 1. The molecule has 76 valence electrons. The number of hydrogen-bond acceptors (Lipinski definition) is 4. The molecule has 2 aliphatic rings. The van der Waals surface area contributed by atoms with E-state index in [4.69, 9.17) is 0 Å². The SMILES string of the molecule is C[C@H]1CCC(=O)[C@@H]2CC(=O)OC(=O)N12. The van der Waals surface area contributed by atoms with E-state index in [-0.39, 0.29) is 18.2 Å². The highest BCUT2D eigenvalue weighted by molar-refractivity contribution is 5.98. The number of esters is 1. The Morgan fingerprint density at radius 1 is 1.36 bits per heavy atom. The lowest BCUT2D eigenvalue weighted by atomic mass is 9.93. The molecule has 5 nitrogen and oxygen atoms in total. The minimum Gasteiger partial charge on any atom is -0.376 e. The summed E-state index contributed by atoms with van der Waals surface area (Å²) in [7, 11) is 0. The first-order valence-corrected chi connectivity index (χ1v) is 4.65. The van der Waals surface area contributed by atoms with E-state index in [2.05, 4.69) is 4.74 Å². The van der Waals surface area contributed by atoms with E-state index in [0.717, 1.165) is 0 Å². The van der Waals surface area contributed by atoms with Gasteiger partial charge in [-0.05, 0) is 13.3 Å². The number of hydrogen-bond donors (Lipinski definition) is 0. The lowest BCUT2D eigenvalue weighted by Crippen LogP contribution is -2.57. The van der Waals surface area contributed by atoms with Crippen LogP contribution in [-0.4, -0.2) is 34.8 Å². The van der Waals surface area contributed by atoms with E-state index >= 15 is 0 Å². The zero-order valence-electron chi connectivity index (χ0n) is 7.86. The van der Waals surface area contributed by atoms with Crippen molar-refractivity contribution in [2.24, 2.45) is 0 Å². The molecule has 1 amide bonds. The van der Waals surface area contributed by atoms with Gasteiger partial charge in [0, 0.05) is 12.5 Å². The number of carbonyl (C=O) groups excluding carboxylic acids is 3. The van der Waals surface area contributed by atoms with Crippen LogP contribution >= 0.6 is 0 Å². The third-order valence-electron chi connectivity index (χ3n) is 2.76. The van der Waals surface area contributed by atoms with Gasteiger partial charge in [-0.25, -0.2) is 4.79 Å². The molecule has 2 rings (SSSR count). The van der Waals surface area contributed by atoms with E-state index < -0.39 is 18.1 Å². The number of amides is 1. The van der Waals surface area contributed by atoms with Crippen LogP contribution in [-0.2, 0) is 14.3 Å². The second-order valence-corrected chi connectivity index (χ2v) is 3.72. The molecule has 0 aromatic rings. The number of carbonyl (C=O) groups is 3. The molecule has 2 atom stereocenters. The number of cyclic esters (lactones) is 2. The number of rotatable bonds is 0. The van der Waals surface area contributed by atoms with Crippen molar-refractivity contribution in [1.29, 1.82) is 0 Å². The number of Topliss-reactive ketones (excluding diaryl/α,β-unsaturated/α-hetero) is 1. The van der Waals surface area contributed by atoms with Gasteiger partial charge in [-0.2, -0.15) is 0 Å². The Kier molecular flexibility index (Phi) is 2.02. The normalized spacial score (nSPS) is 32.6. The number of ketones is 1. The van der Waals surface area contributed by atoms with E-state index in [1.165, 1.54) is 4.90 Å². The van der Waals surface area contributed by atoms with Crippen LogP contribution in [0, 0.1) is 0 Å². The molecule has 0 aromatic carbocycles. The fraction of sp³-hybridized carbons (Fsp3) is 0.667.